The lowest BCUT2D eigenvalue weighted by atomic mass is 9.93. The molecule has 0 aliphatic carbocycles. The van der Waals surface area contributed by atoms with Crippen molar-refractivity contribution in [3.63, 3.8) is 0 Å². The third kappa shape index (κ3) is 3.63. The molecule has 0 saturated heterocycles. The largest absolute Gasteiger partial charge is 0.416 e. The molecule has 1 aliphatic heterocycles. The molecule has 176 valence electrons. The van der Waals surface area contributed by atoms with Gasteiger partial charge in [0.1, 0.15) is 11.3 Å². The number of nitrogens with zero attached hydrogens (tertiary/aromatic N) is 4. The summed E-state index contributed by atoms with van der Waals surface area (Å²) < 4.78 is 47.4. The van der Waals surface area contributed by atoms with Crippen LogP contribution in [0.2, 0.25) is 0 Å². The Labute approximate surface area is 193 Å². The van der Waals surface area contributed by atoms with Gasteiger partial charge in [0.25, 0.3) is 5.91 Å². The van der Waals surface area contributed by atoms with E-state index < -0.39 is 23.9 Å². The first-order chi connectivity index (χ1) is 16.1. The standard InChI is InChI=1S/C24H22F3N5O2/c1-13-17-10-15(24(25,26)27)4-5-16(17)19(7-8-34-13)31(2)23(33)14-3-6-18-20(9-14)32-12-29-11-21(32)22(28)30-18/h3-6,9-13,19H,7-8H2,1-2H3,(H2,28,30)/t13?,19-/m1/s1. The average molecular weight is 469 g/mol. The molecule has 34 heavy (non-hydrogen) atoms. The number of hydrogen-bond donors (Lipinski definition) is 1. The number of imidazole rings is 1. The number of nitrogen functional groups attached to an aromatic ring is 1. The van der Waals surface area contributed by atoms with Gasteiger partial charge in [-0.1, -0.05) is 6.07 Å². The van der Waals surface area contributed by atoms with Gasteiger partial charge in [-0.3, -0.25) is 9.20 Å². The van der Waals surface area contributed by atoms with E-state index in [-0.39, 0.29) is 5.91 Å². The third-order valence-electron chi connectivity index (χ3n) is 6.38. The number of amides is 1. The number of benzene rings is 2. The van der Waals surface area contributed by atoms with Crippen LogP contribution in [0.3, 0.4) is 0 Å². The number of fused-ring (bicyclic) bond motifs is 4. The molecule has 2 atom stereocenters. The zero-order valence-corrected chi connectivity index (χ0v) is 18.5. The predicted molar refractivity (Wildman–Crippen MR) is 120 cm³/mol. The number of halogens is 3. The average Bonchev–Trinajstić information content (AvgIpc) is 3.25. The van der Waals surface area contributed by atoms with E-state index in [1.54, 1.807) is 54.0 Å². The number of ether oxygens (including phenoxy) is 1. The second-order valence-corrected chi connectivity index (χ2v) is 8.42. The summed E-state index contributed by atoms with van der Waals surface area (Å²) in [6.07, 6.45) is -1.31. The first kappa shape index (κ1) is 22.1. The number of nitrogens with two attached hydrogens (primary N) is 1. The Balaban J connectivity index is 1.54. The highest BCUT2D eigenvalue weighted by atomic mass is 19.4. The highest BCUT2D eigenvalue weighted by Gasteiger charge is 2.34. The maximum absolute atomic E-state index is 13.5. The van der Waals surface area contributed by atoms with Crippen LogP contribution in [0.1, 0.15) is 52.5 Å². The summed E-state index contributed by atoms with van der Waals surface area (Å²) in [7, 11) is 1.66. The van der Waals surface area contributed by atoms with Crippen molar-refractivity contribution in [3.8, 4) is 0 Å². The van der Waals surface area contributed by atoms with Gasteiger partial charge in [-0.05, 0) is 54.8 Å². The molecule has 5 rings (SSSR count). The van der Waals surface area contributed by atoms with Crippen molar-refractivity contribution < 1.29 is 22.7 Å². The van der Waals surface area contributed by atoms with Crippen molar-refractivity contribution >= 4 is 28.3 Å². The molecule has 0 radical (unpaired) electrons. The topological polar surface area (TPSA) is 85.8 Å². The molecule has 7 nitrogen and oxygen atoms in total. The lowest BCUT2D eigenvalue weighted by molar-refractivity contribution is -0.137. The molecule has 0 fully saturated rings. The lowest BCUT2D eigenvalue weighted by Crippen LogP contribution is -2.32. The second-order valence-electron chi connectivity index (χ2n) is 8.42. The molecule has 1 aliphatic rings. The number of aromatic nitrogens is 3. The zero-order chi connectivity index (χ0) is 24.2. The van der Waals surface area contributed by atoms with E-state index in [4.69, 9.17) is 10.5 Å². The molecule has 10 heteroatoms. The van der Waals surface area contributed by atoms with Gasteiger partial charge in [0.2, 0.25) is 0 Å². The Morgan fingerprint density at radius 1 is 1.18 bits per heavy atom. The van der Waals surface area contributed by atoms with E-state index in [1.807, 2.05) is 0 Å². The number of carbonyl (C=O) groups excluding carboxylic acids is 1. The Morgan fingerprint density at radius 2 is 1.97 bits per heavy atom. The fraction of sp³-hybridized carbons (Fsp3) is 0.292. The van der Waals surface area contributed by atoms with Crippen molar-refractivity contribution in [3.05, 3.63) is 71.2 Å². The molecule has 2 aromatic carbocycles. The summed E-state index contributed by atoms with van der Waals surface area (Å²) in [5.74, 6) is 0.0704. The van der Waals surface area contributed by atoms with Crippen LogP contribution in [0.4, 0.5) is 19.0 Å². The Kier molecular flexibility index (Phi) is 5.20. The van der Waals surface area contributed by atoms with Gasteiger partial charge in [0, 0.05) is 19.2 Å². The van der Waals surface area contributed by atoms with Crippen LogP contribution >= 0.6 is 0 Å². The van der Waals surface area contributed by atoms with Crippen LogP contribution in [0.15, 0.2) is 48.9 Å². The molecule has 4 aromatic rings. The summed E-state index contributed by atoms with van der Waals surface area (Å²) in [6.45, 7) is 2.04. The zero-order valence-electron chi connectivity index (χ0n) is 18.5. The molecule has 0 spiro atoms. The molecule has 2 N–H and O–H groups in total. The number of carbonyl (C=O) groups is 1. The lowest BCUT2D eigenvalue weighted by Gasteiger charge is -2.29. The third-order valence-corrected chi connectivity index (χ3v) is 6.38. The van der Waals surface area contributed by atoms with Crippen molar-refractivity contribution in [1.82, 2.24) is 19.3 Å². The van der Waals surface area contributed by atoms with Gasteiger partial charge in [-0.2, -0.15) is 13.2 Å². The molecular weight excluding hydrogens is 447 g/mol. The van der Waals surface area contributed by atoms with E-state index >= 15 is 0 Å². The summed E-state index contributed by atoms with van der Waals surface area (Å²) in [5, 5.41) is 0. The van der Waals surface area contributed by atoms with Gasteiger partial charge in [-0.25, -0.2) is 9.97 Å². The quantitative estimate of drug-likeness (QED) is 0.457. The minimum Gasteiger partial charge on any atom is -0.382 e. The van der Waals surface area contributed by atoms with Crippen LogP contribution in [-0.4, -0.2) is 38.8 Å². The van der Waals surface area contributed by atoms with E-state index in [1.165, 1.54) is 6.07 Å². The highest BCUT2D eigenvalue weighted by Crippen LogP contribution is 2.39. The van der Waals surface area contributed by atoms with Gasteiger partial charge in [0.05, 0.1) is 41.3 Å². The number of anilines is 1. The first-order valence-corrected chi connectivity index (χ1v) is 10.8. The van der Waals surface area contributed by atoms with Crippen LogP contribution < -0.4 is 5.73 Å². The second kappa shape index (κ2) is 7.98. The van der Waals surface area contributed by atoms with Gasteiger partial charge < -0.3 is 15.4 Å². The van der Waals surface area contributed by atoms with Crippen molar-refractivity contribution in [2.24, 2.45) is 0 Å². The smallest absolute Gasteiger partial charge is 0.382 e. The maximum atomic E-state index is 13.5. The Bertz CT molecular complexity index is 1420. The van der Waals surface area contributed by atoms with Gasteiger partial charge in [0.15, 0.2) is 0 Å². The summed E-state index contributed by atoms with van der Waals surface area (Å²) in [6, 6.07) is 8.30. The molecule has 0 saturated carbocycles. The van der Waals surface area contributed by atoms with Crippen molar-refractivity contribution in [1.29, 1.82) is 0 Å². The van der Waals surface area contributed by atoms with Crippen molar-refractivity contribution in [2.75, 3.05) is 19.4 Å². The fourth-order valence-corrected chi connectivity index (χ4v) is 4.56. The van der Waals surface area contributed by atoms with E-state index in [2.05, 4.69) is 9.97 Å². The SMILES string of the molecule is CC1OCC[C@@H](N(C)C(=O)c2ccc3nc(N)c4cncn4c3c2)c2ccc(C(F)(F)F)cc21. The highest BCUT2D eigenvalue weighted by molar-refractivity contribution is 5.98. The maximum Gasteiger partial charge on any atom is 0.416 e. The van der Waals surface area contributed by atoms with Crippen molar-refractivity contribution in [2.45, 2.75) is 31.7 Å². The monoisotopic (exact) mass is 469 g/mol. The van der Waals surface area contributed by atoms with Crippen LogP contribution in [0.25, 0.3) is 16.6 Å². The van der Waals surface area contributed by atoms with E-state index in [0.29, 0.717) is 52.1 Å². The van der Waals surface area contributed by atoms with E-state index in [9.17, 15) is 18.0 Å². The van der Waals surface area contributed by atoms with Crippen LogP contribution in [-0.2, 0) is 10.9 Å². The Morgan fingerprint density at radius 3 is 2.74 bits per heavy atom. The molecule has 3 heterocycles. The van der Waals surface area contributed by atoms with Gasteiger partial charge in [-0.15, -0.1) is 0 Å². The summed E-state index contributed by atoms with van der Waals surface area (Å²) in [5.41, 5.74) is 8.69. The number of rotatable bonds is 2. The minimum atomic E-state index is -4.46. The fourth-order valence-electron chi connectivity index (χ4n) is 4.56. The number of alkyl halides is 3. The normalized spacial score (nSPS) is 18.6. The molecular formula is C24H22F3N5O2. The van der Waals surface area contributed by atoms with Gasteiger partial charge >= 0.3 is 6.18 Å². The minimum absolute atomic E-state index is 0.266. The molecule has 0 bridgehead atoms. The first-order valence-electron chi connectivity index (χ1n) is 10.8. The summed E-state index contributed by atoms with van der Waals surface area (Å²) in [4.78, 5) is 23.5. The predicted octanol–water partition coefficient (Wildman–Crippen LogP) is 4.78. The molecule has 1 unspecified atom stereocenters. The van der Waals surface area contributed by atoms with Crippen LogP contribution in [0, 0.1) is 0 Å². The Hall–Kier alpha value is -3.66. The molecule has 2 aromatic heterocycles. The number of hydrogen-bond acceptors (Lipinski definition) is 5. The summed E-state index contributed by atoms with van der Waals surface area (Å²) >= 11 is 0. The van der Waals surface area contributed by atoms with Crippen LogP contribution in [0.5, 0.6) is 0 Å². The van der Waals surface area contributed by atoms with E-state index in [0.717, 1.165) is 12.1 Å². The molecule has 1 amide bonds.